The van der Waals surface area contributed by atoms with Gasteiger partial charge >= 0.3 is 6.01 Å². The Morgan fingerprint density at radius 3 is 2.43 bits per heavy atom. The Kier molecular flexibility index (Phi) is 13.4. The summed E-state index contributed by atoms with van der Waals surface area (Å²) in [6.07, 6.45) is 6.68. The SMILES string of the molecule is Cc1ncsc1-c1ccc(C2(NC(=O)[C@@H]3C[C@@H](O)CN3C(=O)[C@@H](NC(=O)c3ccc(COc4c(-c5c(C)c(F)cc6[nH]ncc56)c(C5CC5)cc5c(N6C[C@@H]7C[C@H]6CN7)nc(OC6CCOCC6)nc45)cc3)C(C)C)CC2)cc1. The van der Waals surface area contributed by atoms with Gasteiger partial charge in [-0.1, -0.05) is 50.2 Å². The first-order chi connectivity index (χ1) is 38.3. The zero-order valence-electron chi connectivity index (χ0n) is 44.8. The van der Waals surface area contributed by atoms with Gasteiger partial charge in [0.2, 0.25) is 11.8 Å². The van der Waals surface area contributed by atoms with Crippen molar-refractivity contribution in [3.05, 3.63) is 112 Å². The quantitative estimate of drug-likeness (QED) is 0.0620. The number of aliphatic hydroxyl groups is 1. The van der Waals surface area contributed by atoms with E-state index in [-0.39, 0.29) is 61.3 Å². The Hall–Kier alpha value is -7.06. The van der Waals surface area contributed by atoms with Crippen molar-refractivity contribution in [2.45, 2.75) is 134 Å². The summed E-state index contributed by atoms with van der Waals surface area (Å²) < 4.78 is 35.5. The summed E-state index contributed by atoms with van der Waals surface area (Å²) in [5.74, 6) is -0.444. The number of likely N-dealkylation sites (tertiary alicyclic amines) is 1. The van der Waals surface area contributed by atoms with E-state index in [0.717, 1.165) is 100 Å². The van der Waals surface area contributed by atoms with Gasteiger partial charge in [0.1, 0.15) is 41.9 Å². The van der Waals surface area contributed by atoms with E-state index in [1.54, 1.807) is 36.6 Å². The molecule has 4 saturated heterocycles. The number of amides is 3. The van der Waals surface area contributed by atoms with E-state index in [4.69, 9.17) is 24.2 Å². The van der Waals surface area contributed by atoms with E-state index in [0.29, 0.717) is 65.6 Å². The Morgan fingerprint density at radius 1 is 0.962 bits per heavy atom. The summed E-state index contributed by atoms with van der Waals surface area (Å²) in [5, 5.41) is 29.7. The molecule has 7 heterocycles. The number of benzene rings is 4. The van der Waals surface area contributed by atoms with Crippen molar-refractivity contribution in [2.24, 2.45) is 5.92 Å². The Balaban J connectivity index is 0.773. The molecule has 0 spiro atoms. The summed E-state index contributed by atoms with van der Waals surface area (Å²) in [5.41, 5.74) is 9.46. The lowest BCUT2D eigenvalue weighted by Crippen LogP contribution is -2.56. The normalized spacial score (nSPS) is 22.0. The first-order valence-corrected chi connectivity index (χ1v) is 28.8. The Morgan fingerprint density at radius 2 is 1.75 bits per heavy atom. The van der Waals surface area contributed by atoms with Gasteiger partial charge in [0, 0.05) is 78.4 Å². The van der Waals surface area contributed by atoms with Gasteiger partial charge in [0.05, 0.1) is 52.7 Å². The molecule has 3 aromatic heterocycles. The number of hydrogen-bond donors (Lipinski definition) is 5. The zero-order chi connectivity index (χ0) is 54.3. The molecular formula is C60H65FN10O7S. The van der Waals surface area contributed by atoms with Crippen LogP contribution in [0.5, 0.6) is 11.8 Å². The second kappa shape index (κ2) is 20.6. The maximum Gasteiger partial charge on any atom is 0.319 e. The molecule has 6 aliphatic rings. The lowest BCUT2D eigenvalue weighted by Gasteiger charge is -2.31. The van der Waals surface area contributed by atoms with Crippen LogP contribution >= 0.6 is 11.3 Å². The molecule has 7 aromatic rings. The molecule has 410 valence electrons. The number of nitrogens with one attached hydrogen (secondary N) is 4. The van der Waals surface area contributed by atoms with Crippen LogP contribution in [0.15, 0.2) is 72.4 Å². The highest BCUT2D eigenvalue weighted by Crippen LogP contribution is 2.54. The Labute approximate surface area is 461 Å². The zero-order valence-corrected chi connectivity index (χ0v) is 45.6. The average Bonchev–Trinajstić information content (AvgIpc) is 4.31. The maximum atomic E-state index is 16.1. The number of ether oxygens (including phenoxy) is 3. The summed E-state index contributed by atoms with van der Waals surface area (Å²) >= 11 is 1.59. The van der Waals surface area contributed by atoms with E-state index in [9.17, 15) is 19.5 Å². The molecule has 3 amide bonds. The van der Waals surface area contributed by atoms with Gasteiger partial charge in [-0.25, -0.2) is 9.37 Å². The van der Waals surface area contributed by atoms with Crippen molar-refractivity contribution in [3.63, 3.8) is 0 Å². The smallest absolute Gasteiger partial charge is 0.319 e. The van der Waals surface area contributed by atoms with Crippen LogP contribution < -0.4 is 30.3 Å². The van der Waals surface area contributed by atoms with E-state index in [1.807, 2.05) is 50.5 Å². The third kappa shape index (κ3) is 9.75. The van der Waals surface area contributed by atoms with Crippen molar-refractivity contribution in [1.82, 2.24) is 46.0 Å². The number of aliphatic hydroxyl groups excluding tert-OH is 1. The number of aryl methyl sites for hydroxylation is 1. The topological polar surface area (TPSA) is 209 Å². The first kappa shape index (κ1) is 51.4. The van der Waals surface area contributed by atoms with Crippen LogP contribution in [0.3, 0.4) is 0 Å². The van der Waals surface area contributed by atoms with Crippen LogP contribution in [0.2, 0.25) is 0 Å². The van der Waals surface area contributed by atoms with Gasteiger partial charge in [-0.3, -0.25) is 19.5 Å². The number of nitrogens with zero attached hydrogens (tertiary/aromatic N) is 6. The highest BCUT2D eigenvalue weighted by Gasteiger charge is 2.50. The monoisotopic (exact) mass is 1090 g/mol. The number of fused-ring (bicyclic) bond motifs is 4. The molecule has 4 aliphatic heterocycles. The van der Waals surface area contributed by atoms with E-state index in [2.05, 4.69) is 54.2 Å². The van der Waals surface area contributed by atoms with Gasteiger partial charge in [-0.2, -0.15) is 15.1 Å². The summed E-state index contributed by atoms with van der Waals surface area (Å²) in [6, 6.07) is 17.9. The number of β-amino-alcohol motifs (C(OH)–C–C–N with tert-alkyl or cyclic N) is 1. The molecule has 2 aliphatic carbocycles. The number of halogens is 1. The fourth-order valence-corrected chi connectivity index (χ4v) is 13.2. The number of carbonyl (C=O) groups is 3. The van der Waals surface area contributed by atoms with Crippen molar-refractivity contribution in [1.29, 1.82) is 0 Å². The van der Waals surface area contributed by atoms with Crippen LogP contribution in [-0.2, 0) is 26.5 Å². The van der Waals surface area contributed by atoms with Crippen LogP contribution in [0.1, 0.15) is 109 Å². The number of thiazole rings is 1. The fraction of sp³-hybridized carbons (Fsp3) is 0.450. The average molecular weight is 1090 g/mol. The molecule has 2 bridgehead atoms. The van der Waals surface area contributed by atoms with Crippen LogP contribution in [0.25, 0.3) is 43.4 Å². The van der Waals surface area contributed by atoms with E-state index >= 15 is 4.39 Å². The van der Waals surface area contributed by atoms with Crippen molar-refractivity contribution < 1.29 is 38.1 Å². The molecule has 0 unspecified atom stereocenters. The number of rotatable bonds is 16. The van der Waals surface area contributed by atoms with Crippen molar-refractivity contribution in [3.8, 4) is 33.3 Å². The number of anilines is 1. The molecular weight excluding hydrogens is 1020 g/mol. The molecule has 0 radical (unpaired) electrons. The number of aromatic nitrogens is 5. The summed E-state index contributed by atoms with van der Waals surface area (Å²) in [6.45, 7) is 10.3. The number of carbonyl (C=O) groups excluding carboxylic acids is 3. The minimum atomic E-state index is -0.980. The van der Waals surface area contributed by atoms with Gasteiger partial charge in [-0.05, 0) is 110 Å². The Bertz CT molecular complexity index is 3500. The van der Waals surface area contributed by atoms with Gasteiger partial charge in [-0.15, -0.1) is 11.3 Å². The van der Waals surface area contributed by atoms with E-state index < -0.39 is 35.5 Å². The number of H-pyrrole nitrogens is 1. The predicted molar refractivity (Wildman–Crippen MR) is 298 cm³/mol. The molecule has 19 heteroatoms. The highest BCUT2D eigenvalue weighted by molar-refractivity contribution is 7.13. The second-order valence-electron chi connectivity index (χ2n) is 22.9. The molecule has 13 rings (SSSR count). The van der Waals surface area contributed by atoms with Crippen molar-refractivity contribution >= 4 is 56.7 Å². The first-order valence-electron chi connectivity index (χ1n) is 27.9. The molecule has 5 N–H and O–H groups in total. The molecule has 6 fully saturated rings. The standard InChI is InChI=1S/C60H65FN10O7S/c1-31(2)51(58(75)71-28-41(72)22-48(71)57(74)68-60(17-18-60)38-13-11-36(12-14-38)54-33(4)63-30-79-54)65-56(73)37-7-5-34(6-8-37)29-77-53-50(49-32(3)46(61)24-47-45(49)26-64-69-47)43(35-9-10-35)23-44-52(53)66-59(78-42-15-19-76-20-16-42)67-55(44)70-27-39-21-40(70)25-62-39/h5-8,11-14,23-24,26,30-31,35,39-42,48,51,62,72H,9-10,15-22,25,27-29H2,1-4H3,(H,64,69)(H,65,73)(H,68,74)/t39-,40-,41+,48-,51-/m0/s1. The molecule has 79 heavy (non-hydrogen) atoms. The lowest BCUT2D eigenvalue weighted by molar-refractivity contribution is -0.141. The van der Waals surface area contributed by atoms with Crippen LogP contribution in [0, 0.1) is 25.6 Å². The largest absolute Gasteiger partial charge is 0.486 e. The third-order valence-corrected chi connectivity index (χ3v) is 18.1. The minimum absolute atomic E-state index is 0.0265. The predicted octanol–water partition coefficient (Wildman–Crippen LogP) is 8.14. The van der Waals surface area contributed by atoms with Crippen LogP contribution in [0.4, 0.5) is 10.2 Å². The molecule has 4 aromatic carbocycles. The maximum absolute atomic E-state index is 16.1. The number of piperazine rings is 1. The lowest BCUT2D eigenvalue weighted by atomic mass is 9.88. The van der Waals surface area contributed by atoms with Crippen molar-refractivity contribution in [2.75, 3.05) is 37.7 Å². The van der Waals surface area contributed by atoms with Gasteiger partial charge in [0.25, 0.3) is 5.91 Å². The third-order valence-electron chi connectivity index (χ3n) is 17.2. The molecule has 5 atom stereocenters. The summed E-state index contributed by atoms with van der Waals surface area (Å²) in [7, 11) is 0. The minimum Gasteiger partial charge on any atom is -0.486 e. The molecule has 17 nitrogen and oxygen atoms in total. The number of aromatic amines is 1. The highest BCUT2D eigenvalue weighted by atomic mass is 32.1. The van der Waals surface area contributed by atoms with E-state index in [1.165, 1.54) is 11.0 Å². The van der Waals surface area contributed by atoms with Crippen LogP contribution in [-0.4, -0.2) is 122 Å². The summed E-state index contributed by atoms with van der Waals surface area (Å²) in [4.78, 5) is 62.5. The number of hydrogen-bond acceptors (Lipinski definition) is 14. The van der Waals surface area contributed by atoms with Gasteiger partial charge < -0.3 is 45.1 Å². The fourth-order valence-electron chi connectivity index (χ4n) is 12.4. The van der Waals surface area contributed by atoms with Gasteiger partial charge in [0.15, 0.2) is 5.75 Å². The molecule has 2 saturated carbocycles. The second-order valence-corrected chi connectivity index (χ2v) is 23.8.